The number of rotatable bonds is 10. The van der Waals surface area contributed by atoms with E-state index in [4.69, 9.17) is 0 Å². The Morgan fingerprint density at radius 3 is 2.53 bits per heavy atom. The Hall–Kier alpha value is -3.64. The van der Waals surface area contributed by atoms with E-state index in [1.54, 1.807) is 18.6 Å². The van der Waals surface area contributed by atoms with E-state index in [2.05, 4.69) is 47.7 Å². The van der Waals surface area contributed by atoms with E-state index in [-0.39, 0.29) is 18.2 Å². The number of carbonyl (C=O) groups is 2. The molecule has 0 spiro atoms. The first-order valence-corrected chi connectivity index (χ1v) is 13.0. The van der Waals surface area contributed by atoms with Crippen LogP contribution in [0.25, 0.3) is 0 Å². The van der Waals surface area contributed by atoms with Crippen LogP contribution in [0.4, 0.5) is 10.3 Å². The average Bonchev–Trinajstić information content (AvgIpc) is 3.40. The SMILES string of the molecule is C=N/C=C(\C=C/C)CC(=O)Nc1nnc(C)s1.O=C(Cc1cccnc1)Nc1nnc(CC2CC2)s1. The number of amides is 2. The maximum Gasteiger partial charge on any atom is 0.230 e. The first-order chi connectivity index (χ1) is 17.4. The molecule has 3 heterocycles. The second kappa shape index (κ2) is 14.0. The molecule has 1 aliphatic rings. The quantitative estimate of drug-likeness (QED) is 0.296. The van der Waals surface area contributed by atoms with Gasteiger partial charge in [0.25, 0.3) is 0 Å². The van der Waals surface area contributed by atoms with Crippen LogP contribution in [0.1, 0.15) is 41.8 Å². The minimum absolute atomic E-state index is 0.0814. The highest BCUT2D eigenvalue weighted by Crippen LogP contribution is 2.33. The smallest absolute Gasteiger partial charge is 0.230 e. The predicted molar refractivity (Wildman–Crippen MR) is 143 cm³/mol. The van der Waals surface area contributed by atoms with Gasteiger partial charge in [-0.15, -0.1) is 20.4 Å². The molecule has 1 saturated carbocycles. The van der Waals surface area contributed by atoms with E-state index in [0.717, 1.165) is 33.5 Å². The normalized spacial score (nSPS) is 13.1. The standard InChI is InChI=1S/C13H14N4OS.C11H14N4OS/c18-11(6-10-2-1-5-14-8-10)15-13-17-16-12(19-13)7-9-3-4-9;1-4-5-9(7-12-3)6-10(16)13-11-15-14-8(2)17-11/h1-2,5,8-9H,3-4,6-7H2,(H,15,17,18);4-5,7H,3,6H2,1-2H3,(H,13,15,16)/b;5-4-,9-7+. The van der Waals surface area contributed by atoms with Gasteiger partial charge in [0.05, 0.1) is 12.8 Å². The molecule has 0 saturated heterocycles. The van der Waals surface area contributed by atoms with Gasteiger partial charge in [-0.25, -0.2) is 0 Å². The fourth-order valence-corrected chi connectivity index (χ4v) is 4.46. The Kier molecular flexibility index (Phi) is 10.5. The molecule has 3 aromatic heterocycles. The summed E-state index contributed by atoms with van der Waals surface area (Å²) in [5, 5.41) is 24.1. The molecule has 2 N–H and O–H groups in total. The van der Waals surface area contributed by atoms with Crippen molar-refractivity contribution in [3.8, 4) is 0 Å². The van der Waals surface area contributed by atoms with Crippen LogP contribution in [-0.4, -0.2) is 43.9 Å². The maximum absolute atomic E-state index is 11.8. The molecule has 0 aromatic carbocycles. The summed E-state index contributed by atoms with van der Waals surface area (Å²) in [6.45, 7) is 7.08. The zero-order valence-electron chi connectivity index (χ0n) is 20.2. The maximum atomic E-state index is 11.8. The molecule has 188 valence electrons. The average molecular weight is 525 g/mol. The van der Waals surface area contributed by atoms with Crippen molar-refractivity contribution in [3.63, 3.8) is 0 Å². The highest BCUT2D eigenvalue weighted by atomic mass is 32.1. The molecule has 36 heavy (non-hydrogen) atoms. The van der Waals surface area contributed by atoms with E-state index in [1.165, 1.54) is 35.5 Å². The summed E-state index contributed by atoms with van der Waals surface area (Å²) in [5.74, 6) is 0.558. The van der Waals surface area contributed by atoms with Crippen LogP contribution in [0.15, 0.2) is 53.4 Å². The lowest BCUT2D eigenvalue weighted by molar-refractivity contribution is -0.116. The zero-order chi connectivity index (χ0) is 25.8. The largest absolute Gasteiger partial charge is 0.300 e. The summed E-state index contributed by atoms with van der Waals surface area (Å²) in [5.41, 5.74) is 1.68. The van der Waals surface area contributed by atoms with E-state index in [9.17, 15) is 9.59 Å². The van der Waals surface area contributed by atoms with Crippen LogP contribution in [0.5, 0.6) is 0 Å². The lowest BCUT2D eigenvalue weighted by Crippen LogP contribution is -2.14. The van der Waals surface area contributed by atoms with Crippen molar-refractivity contribution in [3.05, 3.63) is 64.0 Å². The molecule has 2 amide bonds. The number of anilines is 2. The molecule has 10 nitrogen and oxygen atoms in total. The van der Waals surface area contributed by atoms with Crippen molar-refractivity contribution in [2.24, 2.45) is 10.9 Å². The molecule has 0 aliphatic heterocycles. The predicted octanol–water partition coefficient (Wildman–Crippen LogP) is 4.40. The first kappa shape index (κ1) is 27.0. The van der Waals surface area contributed by atoms with Gasteiger partial charge >= 0.3 is 0 Å². The number of pyridine rings is 1. The molecule has 0 radical (unpaired) electrons. The second-order valence-electron chi connectivity index (χ2n) is 7.97. The second-order valence-corrected chi connectivity index (χ2v) is 10.2. The topological polar surface area (TPSA) is 135 Å². The lowest BCUT2D eigenvalue weighted by Gasteiger charge is -2.01. The molecule has 1 aliphatic carbocycles. The highest BCUT2D eigenvalue weighted by molar-refractivity contribution is 7.15. The Balaban J connectivity index is 0.000000202. The van der Waals surface area contributed by atoms with Crippen molar-refractivity contribution >= 4 is 51.5 Å². The van der Waals surface area contributed by atoms with Crippen molar-refractivity contribution in [2.45, 2.75) is 46.0 Å². The number of carbonyl (C=O) groups excluding carboxylic acids is 2. The summed E-state index contributed by atoms with van der Waals surface area (Å²) in [6.07, 6.45) is 12.7. The van der Waals surface area contributed by atoms with Gasteiger partial charge in [0.1, 0.15) is 10.0 Å². The molecule has 12 heteroatoms. The molecular weight excluding hydrogens is 496 g/mol. The van der Waals surface area contributed by atoms with Gasteiger partial charge in [0, 0.05) is 25.0 Å². The third-order valence-electron chi connectivity index (χ3n) is 4.74. The minimum atomic E-state index is -0.144. The van der Waals surface area contributed by atoms with E-state index in [0.29, 0.717) is 16.7 Å². The fourth-order valence-electron chi connectivity index (χ4n) is 2.98. The zero-order valence-corrected chi connectivity index (χ0v) is 21.8. The van der Waals surface area contributed by atoms with Gasteiger partial charge in [0.2, 0.25) is 22.1 Å². The molecule has 1 fully saturated rings. The summed E-state index contributed by atoms with van der Waals surface area (Å²) >= 11 is 2.81. The number of aromatic nitrogens is 5. The minimum Gasteiger partial charge on any atom is -0.300 e. The monoisotopic (exact) mass is 524 g/mol. The molecule has 0 atom stereocenters. The Morgan fingerprint density at radius 1 is 1.14 bits per heavy atom. The summed E-state index contributed by atoms with van der Waals surface area (Å²) in [7, 11) is 0. The third kappa shape index (κ3) is 9.92. The fraction of sp³-hybridized carbons (Fsp3) is 0.333. The lowest BCUT2D eigenvalue weighted by atomic mass is 10.2. The number of hydrogen-bond donors (Lipinski definition) is 2. The van der Waals surface area contributed by atoms with Crippen LogP contribution >= 0.6 is 22.7 Å². The van der Waals surface area contributed by atoms with Crippen LogP contribution in [0.3, 0.4) is 0 Å². The van der Waals surface area contributed by atoms with Crippen molar-refractivity contribution in [2.75, 3.05) is 10.6 Å². The Morgan fingerprint density at radius 2 is 1.89 bits per heavy atom. The number of allylic oxidation sites excluding steroid dienone is 2. The van der Waals surface area contributed by atoms with Crippen LogP contribution in [0, 0.1) is 12.8 Å². The van der Waals surface area contributed by atoms with E-state index >= 15 is 0 Å². The van der Waals surface area contributed by atoms with Gasteiger partial charge < -0.3 is 10.6 Å². The van der Waals surface area contributed by atoms with Crippen LogP contribution < -0.4 is 10.6 Å². The molecule has 3 aromatic rings. The van der Waals surface area contributed by atoms with Gasteiger partial charge in [-0.05, 0) is 56.5 Å². The Labute approximate surface area is 217 Å². The first-order valence-electron chi connectivity index (χ1n) is 11.3. The summed E-state index contributed by atoms with van der Waals surface area (Å²) < 4.78 is 0. The number of hydrogen-bond acceptors (Lipinski definition) is 10. The van der Waals surface area contributed by atoms with Gasteiger partial charge in [-0.2, -0.15) is 0 Å². The number of aliphatic imine (C=N–C) groups is 1. The van der Waals surface area contributed by atoms with Gasteiger partial charge in [-0.1, -0.05) is 40.9 Å². The van der Waals surface area contributed by atoms with Crippen LogP contribution in [-0.2, 0) is 22.4 Å². The molecule has 0 unspecified atom stereocenters. The van der Waals surface area contributed by atoms with Gasteiger partial charge in [0.15, 0.2) is 0 Å². The van der Waals surface area contributed by atoms with Crippen molar-refractivity contribution in [1.29, 1.82) is 0 Å². The summed E-state index contributed by atoms with van der Waals surface area (Å²) in [6, 6.07) is 3.70. The van der Waals surface area contributed by atoms with E-state index in [1.807, 2.05) is 38.1 Å². The summed E-state index contributed by atoms with van der Waals surface area (Å²) in [4.78, 5) is 31.1. The molecule has 4 rings (SSSR count). The van der Waals surface area contributed by atoms with Crippen LogP contribution in [0.2, 0.25) is 0 Å². The number of nitrogens with zero attached hydrogens (tertiary/aromatic N) is 6. The number of aryl methyl sites for hydroxylation is 1. The van der Waals surface area contributed by atoms with E-state index < -0.39 is 0 Å². The van der Waals surface area contributed by atoms with Crippen molar-refractivity contribution in [1.82, 2.24) is 25.4 Å². The van der Waals surface area contributed by atoms with Crippen molar-refractivity contribution < 1.29 is 9.59 Å². The molecule has 0 bridgehead atoms. The highest BCUT2D eigenvalue weighted by Gasteiger charge is 2.23. The molecular formula is C24H28N8O2S2. The van der Waals surface area contributed by atoms with Gasteiger partial charge in [-0.3, -0.25) is 19.6 Å². The third-order valence-corrected chi connectivity index (χ3v) is 6.35. The number of nitrogens with one attached hydrogen (secondary N) is 2. The Bertz CT molecular complexity index is 1220.